The number of rotatable bonds is 6. The van der Waals surface area contributed by atoms with Crippen molar-refractivity contribution in [2.45, 2.75) is 10.1 Å². The highest BCUT2D eigenvalue weighted by Crippen LogP contribution is 2.19. The Kier molecular flexibility index (Phi) is 5.37. The van der Waals surface area contributed by atoms with Crippen molar-refractivity contribution >= 4 is 37.5 Å². The molecule has 0 aliphatic heterocycles. The standard InChI is InChI=1S/C16H14BrN3O2S2/c17-13-6-8-15(9-7-13)24(21,22)11-10-23-16-18-12-20(19-16)14-4-2-1-3-5-14/h1-9,12H,10-11H2. The van der Waals surface area contributed by atoms with Gasteiger partial charge >= 0.3 is 0 Å². The van der Waals surface area contributed by atoms with Gasteiger partial charge in [0.1, 0.15) is 6.33 Å². The molecule has 24 heavy (non-hydrogen) atoms. The van der Waals surface area contributed by atoms with Gasteiger partial charge < -0.3 is 0 Å². The van der Waals surface area contributed by atoms with Crippen LogP contribution in [0.15, 0.2) is 75.4 Å². The van der Waals surface area contributed by atoms with Crippen LogP contribution in [0.25, 0.3) is 5.69 Å². The zero-order valence-corrected chi connectivity index (χ0v) is 15.8. The lowest BCUT2D eigenvalue weighted by atomic mass is 10.3. The molecule has 0 bridgehead atoms. The molecule has 0 spiro atoms. The van der Waals surface area contributed by atoms with E-state index in [0.29, 0.717) is 15.8 Å². The van der Waals surface area contributed by atoms with Crippen molar-refractivity contribution in [3.8, 4) is 5.69 Å². The minimum absolute atomic E-state index is 0.0408. The molecule has 0 unspecified atom stereocenters. The molecule has 0 fully saturated rings. The summed E-state index contributed by atoms with van der Waals surface area (Å²) in [7, 11) is -3.30. The minimum Gasteiger partial charge on any atom is -0.224 e. The van der Waals surface area contributed by atoms with Gasteiger partial charge in [0.05, 0.1) is 16.3 Å². The zero-order valence-electron chi connectivity index (χ0n) is 12.5. The summed E-state index contributed by atoms with van der Waals surface area (Å²) in [4.78, 5) is 4.54. The molecular weight excluding hydrogens is 410 g/mol. The quantitative estimate of drug-likeness (QED) is 0.566. The molecule has 0 saturated carbocycles. The molecule has 0 radical (unpaired) electrons. The normalized spacial score (nSPS) is 11.5. The second-order valence-electron chi connectivity index (χ2n) is 4.93. The summed E-state index contributed by atoms with van der Waals surface area (Å²) in [5.41, 5.74) is 0.916. The summed E-state index contributed by atoms with van der Waals surface area (Å²) in [5.74, 6) is 0.441. The Morgan fingerprint density at radius 2 is 1.75 bits per heavy atom. The van der Waals surface area contributed by atoms with Crippen molar-refractivity contribution in [3.05, 3.63) is 65.4 Å². The maximum absolute atomic E-state index is 12.3. The van der Waals surface area contributed by atoms with E-state index in [1.165, 1.54) is 11.8 Å². The third-order valence-corrected chi connectivity index (χ3v) is 6.62. The van der Waals surface area contributed by atoms with Crippen molar-refractivity contribution in [3.63, 3.8) is 0 Å². The van der Waals surface area contributed by atoms with Gasteiger partial charge in [0.25, 0.3) is 0 Å². The van der Waals surface area contributed by atoms with E-state index in [-0.39, 0.29) is 5.75 Å². The third kappa shape index (κ3) is 4.25. The van der Waals surface area contributed by atoms with E-state index in [2.05, 4.69) is 26.0 Å². The molecule has 1 heterocycles. The summed E-state index contributed by atoms with van der Waals surface area (Å²) in [5, 5.41) is 4.91. The van der Waals surface area contributed by atoms with E-state index in [1.54, 1.807) is 35.3 Å². The number of sulfone groups is 1. The van der Waals surface area contributed by atoms with Crippen LogP contribution < -0.4 is 0 Å². The summed E-state index contributed by atoms with van der Waals surface area (Å²) in [6.45, 7) is 0. The topological polar surface area (TPSA) is 64.8 Å². The van der Waals surface area contributed by atoms with Gasteiger partial charge in [0, 0.05) is 10.2 Å². The number of hydrogen-bond donors (Lipinski definition) is 0. The lowest BCUT2D eigenvalue weighted by molar-refractivity contribution is 0.597. The number of para-hydroxylation sites is 1. The van der Waals surface area contributed by atoms with E-state index in [9.17, 15) is 8.42 Å². The molecule has 3 aromatic rings. The number of nitrogens with zero attached hydrogens (tertiary/aromatic N) is 3. The molecule has 3 rings (SSSR count). The highest BCUT2D eigenvalue weighted by atomic mass is 79.9. The van der Waals surface area contributed by atoms with Gasteiger partial charge in [0.15, 0.2) is 9.84 Å². The van der Waals surface area contributed by atoms with Gasteiger partial charge in [-0.1, -0.05) is 45.9 Å². The first kappa shape index (κ1) is 17.2. The molecular formula is C16H14BrN3O2S2. The first-order valence-electron chi connectivity index (χ1n) is 7.13. The van der Waals surface area contributed by atoms with Crippen molar-refractivity contribution in [2.75, 3.05) is 11.5 Å². The highest BCUT2D eigenvalue weighted by Gasteiger charge is 2.15. The number of benzene rings is 2. The van der Waals surface area contributed by atoms with Crippen LogP contribution in [0.2, 0.25) is 0 Å². The van der Waals surface area contributed by atoms with Crippen LogP contribution in [0.4, 0.5) is 0 Å². The van der Waals surface area contributed by atoms with E-state index in [1.807, 2.05) is 30.3 Å². The van der Waals surface area contributed by atoms with Crippen LogP contribution in [0.5, 0.6) is 0 Å². The van der Waals surface area contributed by atoms with Crippen LogP contribution >= 0.6 is 27.7 Å². The van der Waals surface area contributed by atoms with Gasteiger partial charge in [0.2, 0.25) is 5.16 Å². The van der Waals surface area contributed by atoms with Gasteiger partial charge in [-0.05, 0) is 36.4 Å². The van der Waals surface area contributed by atoms with Crippen LogP contribution in [-0.4, -0.2) is 34.7 Å². The SMILES string of the molecule is O=S(=O)(CCSc1ncn(-c2ccccc2)n1)c1ccc(Br)cc1. The van der Waals surface area contributed by atoms with Crippen molar-refractivity contribution in [1.82, 2.24) is 14.8 Å². The summed E-state index contributed by atoms with van der Waals surface area (Å²) >= 11 is 4.63. The highest BCUT2D eigenvalue weighted by molar-refractivity contribution is 9.10. The molecule has 0 aliphatic rings. The Bertz CT molecular complexity index is 910. The van der Waals surface area contributed by atoms with Crippen LogP contribution in [0.1, 0.15) is 0 Å². The first-order valence-corrected chi connectivity index (χ1v) is 10.6. The van der Waals surface area contributed by atoms with Crippen LogP contribution in [-0.2, 0) is 9.84 Å². The number of hydrogen-bond acceptors (Lipinski definition) is 5. The average Bonchev–Trinajstić information content (AvgIpc) is 3.05. The largest absolute Gasteiger partial charge is 0.224 e. The molecule has 0 saturated heterocycles. The Morgan fingerprint density at radius 3 is 2.46 bits per heavy atom. The summed E-state index contributed by atoms with van der Waals surface area (Å²) in [6.07, 6.45) is 1.63. The Hall–Kier alpha value is -1.64. The van der Waals surface area contributed by atoms with Gasteiger partial charge in [-0.25, -0.2) is 18.1 Å². The predicted molar refractivity (Wildman–Crippen MR) is 98.3 cm³/mol. The molecule has 124 valence electrons. The van der Waals surface area contributed by atoms with Gasteiger partial charge in [-0.2, -0.15) is 0 Å². The minimum atomic E-state index is -3.30. The number of thioether (sulfide) groups is 1. The second kappa shape index (κ2) is 7.50. The first-order chi connectivity index (χ1) is 11.5. The molecule has 1 aromatic heterocycles. The Labute approximate surface area is 153 Å². The van der Waals surface area contributed by atoms with Crippen molar-refractivity contribution < 1.29 is 8.42 Å². The lowest BCUT2D eigenvalue weighted by Gasteiger charge is -2.03. The fourth-order valence-electron chi connectivity index (χ4n) is 2.02. The lowest BCUT2D eigenvalue weighted by Crippen LogP contribution is -2.08. The van der Waals surface area contributed by atoms with Crippen molar-refractivity contribution in [1.29, 1.82) is 0 Å². The van der Waals surface area contributed by atoms with Crippen LogP contribution in [0, 0.1) is 0 Å². The number of halogens is 1. The van der Waals surface area contributed by atoms with Gasteiger partial charge in [-0.15, -0.1) is 5.10 Å². The molecule has 0 atom stereocenters. The van der Waals surface area contributed by atoms with E-state index in [0.717, 1.165) is 10.2 Å². The fraction of sp³-hybridized carbons (Fsp3) is 0.125. The summed E-state index contributed by atoms with van der Waals surface area (Å²) in [6, 6.07) is 16.3. The molecule has 5 nitrogen and oxygen atoms in total. The van der Waals surface area contributed by atoms with E-state index < -0.39 is 9.84 Å². The molecule has 2 aromatic carbocycles. The Balaban J connectivity index is 1.60. The summed E-state index contributed by atoms with van der Waals surface area (Å²) < 4.78 is 27.1. The van der Waals surface area contributed by atoms with E-state index >= 15 is 0 Å². The fourth-order valence-corrected chi connectivity index (χ4v) is 4.73. The molecule has 0 N–H and O–H groups in total. The molecule has 8 heteroatoms. The number of aromatic nitrogens is 3. The maximum Gasteiger partial charge on any atom is 0.208 e. The Morgan fingerprint density at radius 1 is 1.04 bits per heavy atom. The monoisotopic (exact) mass is 423 g/mol. The van der Waals surface area contributed by atoms with Crippen molar-refractivity contribution in [2.24, 2.45) is 0 Å². The smallest absolute Gasteiger partial charge is 0.208 e. The zero-order chi connectivity index (χ0) is 17.0. The van der Waals surface area contributed by atoms with Gasteiger partial charge in [-0.3, -0.25) is 0 Å². The molecule has 0 aliphatic carbocycles. The van der Waals surface area contributed by atoms with Crippen LogP contribution in [0.3, 0.4) is 0 Å². The molecule has 0 amide bonds. The van der Waals surface area contributed by atoms with E-state index in [4.69, 9.17) is 0 Å². The third-order valence-electron chi connectivity index (χ3n) is 3.25. The average molecular weight is 424 g/mol. The predicted octanol–water partition coefficient (Wildman–Crippen LogP) is 3.60. The second-order valence-corrected chi connectivity index (χ2v) is 9.02. The maximum atomic E-state index is 12.3.